The lowest BCUT2D eigenvalue weighted by Crippen LogP contribution is -2.31. The highest BCUT2D eigenvalue weighted by Crippen LogP contribution is 2.48. The summed E-state index contributed by atoms with van der Waals surface area (Å²) in [5.41, 5.74) is 0.0939. The van der Waals surface area contributed by atoms with Gasteiger partial charge in [-0.25, -0.2) is 18.1 Å². The number of imidazole rings is 1. The lowest BCUT2D eigenvalue weighted by Gasteiger charge is -2.14. The number of ether oxygens (including phenoxy) is 1. The molecule has 0 spiro atoms. The third-order valence-electron chi connectivity index (χ3n) is 3.66. The molecule has 0 atom stereocenters. The van der Waals surface area contributed by atoms with E-state index in [9.17, 15) is 8.42 Å². The Labute approximate surface area is 114 Å². The maximum Gasteiger partial charge on any atom is 0.257 e. The summed E-state index contributed by atoms with van der Waals surface area (Å²) in [6, 6.07) is 0. The number of nitrogens with one attached hydrogen (secondary N) is 2. The van der Waals surface area contributed by atoms with Gasteiger partial charge in [-0.15, -0.1) is 0 Å². The summed E-state index contributed by atoms with van der Waals surface area (Å²) in [5.74, 6) is 0.681. The molecule has 7 heteroatoms. The van der Waals surface area contributed by atoms with Crippen molar-refractivity contribution in [3.63, 3.8) is 0 Å². The molecule has 1 aliphatic carbocycles. The molecule has 1 aromatic heterocycles. The van der Waals surface area contributed by atoms with E-state index in [2.05, 4.69) is 14.7 Å². The maximum atomic E-state index is 12.1. The largest absolute Gasteiger partial charge is 0.385 e. The number of nitrogens with zero attached hydrogens (tertiary/aromatic N) is 1. The van der Waals surface area contributed by atoms with E-state index in [1.165, 1.54) is 6.20 Å². The van der Waals surface area contributed by atoms with Gasteiger partial charge in [0.2, 0.25) is 0 Å². The van der Waals surface area contributed by atoms with Crippen molar-refractivity contribution in [1.82, 2.24) is 14.7 Å². The number of hydrogen-bond acceptors (Lipinski definition) is 4. The van der Waals surface area contributed by atoms with Crippen LogP contribution in [0.5, 0.6) is 0 Å². The molecule has 0 saturated heterocycles. The van der Waals surface area contributed by atoms with Crippen LogP contribution in [0.1, 0.15) is 32.0 Å². The van der Waals surface area contributed by atoms with Crippen LogP contribution in [0.25, 0.3) is 0 Å². The Bertz CT molecular complexity index is 520. The minimum Gasteiger partial charge on any atom is -0.385 e. The first-order chi connectivity index (χ1) is 9.01. The van der Waals surface area contributed by atoms with Crippen LogP contribution in [0.4, 0.5) is 0 Å². The molecule has 1 saturated carbocycles. The Morgan fingerprint density at radius 1 is 1.53 bits per heavy atom. The number of methoxy groups -OCH3 is 1. The summed E-state index contributed by atoms with van der Waals surface area (Å²) < 4.78 is 31.9. The van der Waals surface area contributed by atoms with E-state index in [0.717, 1.165) is 19.3 Å². The Kier molecular flexibility index (Phi) is 4.27. The number of hydrogen-bond donors (Lipinski definition) is 2. The van der Waals surface area contributed by atoms with Gasteiger partial charge in [-0.1, -0.05) is 6.92 Å². The van der Waals surface area contributed by atoms with Gasteiger partial charge in [-0.3, -0.25) is 0 Å². The number of sulfonamides is 1. The molecule has 1 aromatic rings. The standard InChI is InChI=1S/C12H21N3O3S/c1-3-10-13-8-11(15-10)19(16,17)14-9-12(4-5-12)6-7-18-2/h8,14H,3-7,9H2,1-2H3,(H,13,15). The van der Waals surface area contributed by atoms with Crippen LogP contribution in [0.2, 0.25) is 0 Å². The highest BCUT2D eigenvalue weighted by atomic mass is 32.2. The quantitative estimate of drug-likeness (QED) is 0.749. The van der Waals surface area contributed by atoms with Crippen LogP contribution < -0.4 is 4.72 Å². The third-order valence-corrected chi connectivity index (χ3v) is 4.97. The summed E-state index contributed by atoms with van der Waals surface area (Å²) in [5, 5.41) is 0.145. The topological polar surface area (TPSA) is 84.1 Å². The van der Waals surface area contributed by atoms with E-state index >= 15 is 0 Å². The van der Waals surface area contributed by atoms with Crippen LogP contribution in [0, 0.1) is 5.41 Å². The molecule has 1 heterocycles. The summed E-state index contributed by atoms with van der Waals surface area (Å²) in [6.45, 7) is 3.07. The summed E-state index contributed by atoms with van der Waals surface area (Å²) >= 11 is 0. The van der Waals surface area contributed by atoms with Gasteiger partial charge in [0.05, 0.1) is 6.20 Å². The minimum absolute atomic E-state index is 0.0939. The molecular weight excluding hydrogens is 266 g/mol. The first-order valence-electron chi connectivity index (χ1n) is 6.54. The van der Waals surface area contributed by atoms with E-state index in [0.29, 0.717) is 25.4 Å². The van der Waals surface area contributed by atoms with E-state index in [1.54, 1.807) is 7.11 Å². The highest BCUT2D eigenvalue weighted by molar-refractivity contribution is 7.89. The van der Waals surface area contributed by atoms with Crippen LogP contribution in [0.3, 0.4) is 0 Å². The molecule has 6 nitrogen and oxygen atoms in total. The molecule has 0 bridgehead atoms. The lowest BCUT2D eigenvalue weighted by atomic mass is 10.0. The Balaban J connectivity index is 1.94. The van der Waals surface area contributed by atoms with Gasteiger partial charge in [0.1, 0.15) is 5.82 Å². The zero-order chi connectivity index (χ0) is 13.9. The van der Waals surface area contributed by atoms with Crippen molar-refractivity contribution in [1.29, 1.82) is 0 Å². The minimum atomic E-state index is -3.48. The second-order valence-electron chi connectivity index (χ2n) is 5.12. The number of aromatic amines is 1. The van der Waals surface area contributed by atoms with E-state index in [4.69, 9.17) is 4.74 Å². The molecule has 1 aliphatic rings. The molecule has 1 fully saturated rings. The van der Waals surface area contributed by atoms with Crippen LogP contribution in [0.15, 0.2) is 11.2 Å². The molecule has 2 N–H and O–H groups in total. The molecule has 108 valence electrons. The Hall–Kier alpha value is -0.920. The van der Waals surface area contributed by atoms with Crippen LogP contribution >= 0.6 is 0 Å². The van der Waals surface area contributed by atoms with Crippen molar-refractivity contribution in [2.24, 2.45) is 5.41 Å². The fraction of sp³-hybridized carbons (Fsp3) is 0.750. The molecule has 0 radical (unpaired) electrons. The second kappa shape index (κ2) is 5.60. The van der Waals surface area contributed by atoms with Crippen molar-refractivity contribution in [2.75, 3.05) is 20.3 Å². The Morgan fingerprint density at radius 2 is 2.26 bits per heavy atom. The van der Waals surface area contributed by atoms with Crippen LogP contribution in [-0.2, 0) is 21.2 Å². The van der Waals surface area contributed by atoms with Gasteiger partial charge in [0, 0.05) is 26.7 Å². The molecule has 0 aliphatic heterocycles. The predicted octanol–water partition coefficient (Wildman–Crippen LogP) is 1.07. The van der Waals surface area contributed by atoms with Crippen molar-refractivity contribution in [3.05, 3.63) is 12.0 Å². The normalized spacial score (nSPS) is 17.6. The predicted molar refractivity (Wildman–Crippen MR) is 71.3 cm³/mol. The number of H-pyrrole nitrogens is 1. The van der Waals surface area contributed by atoms with Crippen molar-refractivity contribution >= 4 is 10.0 Å². The number of rotatable bonds is 8. The van der Waals surface area contributed by atoms with Gasteiger partial charge >= 0.3 is 0 Å². The van der Waals surface area contributed by atoms with Crippen LogP contribution in [-0.4, -0.2) is 38.6 Å². The van der Waals surface area contributed by atoms with E-state index in [1.807, 2.05) is 6.92 Å². The summed E-state index contributed by atoms with van der Waals surface area (Å²) in [7, 11) is -1.81. The molecule has 2 rings (SSSR count). The zero-order valence-corrected chi connectivity index (χ0v) is 12.2. The molecule has 0 amide bonds. The smallest absolute Gasteiger partial charge is 0.257 e. The van der Waals surface area contributed by atoms with Gasteiger partial charge in [0.25, 0.3) is 10.0 Å². The van der Waals surface area contributed by atoms with E-state index < -0.39 is 10.0 Å². The average molecular weight is 287 g/mol. The first-order valence-corrected chi connectivity index (χ1v) is 8.02. The Morgan fingerprint density at radius 3 is 2.79 bits per heavy atom. The van der Waals surface area contributed by atoms with E-state index in [-0.39, 0.29) is 10.4 Å². The third kappa shape index (κ3) is 3.55. The van der Waals surface area contributed by atoms with Gasteiger partial charge in [0.15, 0.2) is 5.03 Å². The maximum absolute atomic E-state index is 12.1. The fourth-order valence-electron chi connectivity index (χ4n) is 2.00. The molecule has 19 heavy (non-hydrogen) atoms. The molecular formula is C12H21N3O3S. The monoisotopic (exact) mass is 287 g/mol. The lowest BCUT2D eigenvalue weighted by molar-refractivity contribution is 0.173. The SMILES string of the molecule is CCc1ncc(S(=O)(=O)NCC2(CCOC)CC2)[nH]1. The summed E-state index contributed by atoms with van der Waals surface area (Å²) in [6.07, 6.45) is 5.07. The highest BCUT2D eigenvalue weighted by Gasteiger charge is 2.42. The molecule has 0 aromatic carbocycles. The number of aryl methyl sites for hydroxylation is 1. The van der Waals surface area contributed by atoms with Crippen molar-refractivity contribution < 1.29 is 13.2 Å². The van der Waals surface area contributed by atoms with Gasteiger partial charge in [-0.05, 0) is 24.7 Å². The van der Waals surface area contributed by atoms with Crippen molar-refractivity contribution in [3.8, 4) is 0 Å². The number of aromatic nitrogens is 2. The fourth-order valence-corrected chi connectivity index (χ4v) is 3.09. The van der Waals surface area contributed by atoms with Gasteiger partial charge in [-0.2, -0.15) is 0 Å². The average Bonchev–Trinajstić information content (AvgIpc) is 2.99. The first kappa shape index (κ1) is 14.5. The molecule has 0 unspecified atom stereocenters. The summed E-state index contributed by atoms with van der Waals surface area (Å²) in [4.78, 5) is 6.83. The van der Waals surface area contributed by atoms with Crippen molar-refractivity contribution in [2.45, 2.75) is 37.6 Å². The zero-order valence-electron chi connectivity index (χ0n) is 11.4. The van der Waals surface area contributed by atoms with Gasteiger partial charge < -0.3 is 9.72 Å². The second-order valence-corrected chi connectivity index (χ2v) is 6.85.